The summed E-state index contributed by atoms with van der Waals surface area (Å²) in [6, 6.07) is 15.1. The molecule has 17 heavy (non-hydrogen) atoms. The Hall–Kier alpha value is -1.96. The molecule has 0 aliphatic heterocycles. The van der Waals surface area contributed by atoms with Crippen molar-refractivity contribution in [2.45, 2.75) is 6.92 Å². The highest BCUT2D eigenvalue weighted by atomic mass is 14.9. The number of fused-ring (bicyclic) bond motifs is 3. The Morgan fingerprint density at radius 2 is 1.76 bits per heavy atom. The van der Waals surface area contributed by atoms with Gasteiger partial charge < -0.3 is 9.88 Å². The van der Waals surface area contributed by atoms with E-state index >= 15 is 0 Å². The van der Waals surface area contributed by atoms with Crippen molar-refractivity contribution in [1.29, 1.82) is 0 Å². The van der Waals surface area contributed by atoms with Crippen molar-refractivity contribution in [2.75, 3.05) is 11.9 Å². The van der Waals surface area contributed by atoms with Crippen LogP contribution in [0, 0.1) is 0 Å². The fourth-order valence-electron chi connectivity index (χ4n) is 2.47. The van der Waals surface area contributed by atoms with Crippen LogP contribution in [0.5, 0.6) is 0 Å². The minimum Gasteiger partial charge on any atom is -0.385 e. The molecule has 0 spiro atoms. The Balaban J connectivity index is 2.36. The van der Waals surface area contributed by atoms with E-state index in [2.05, 4.69) is 66.3 Å². The molecule has 3 rings (SSSR count). The summed E-state index contributed by atoms with van der Waals surface area (Å²) >= 11 is 0. The first kappa shape index (κ1) is 10.2. The van der Waals surface area contributed by atoms with Crippen LogP contribution in [-0.4, -0.2) is 11.1 Å². The van der Waals surface area contributed by atoms with Crippen molar-refractivity contribution in [3.05, 3.63) is 42.5 Å². The largest absolute Gasteiger partial charge is 0.385 e. The van der Waals surface area contributed by atoms with E-state index in [1.54, 1.807) is 0 Å². The number of aryl methyl sites for hydroxylation is 1. The maximum absolute atomic E-state index is 3.36. The van der Waals surface area contributed by atoms with Gasteiger partial charge in [0.1, 0.15) is 0 Å². The van der Waals surface area contributed by atoms with Crippen molar-refractivity contribution in [3.8, 4) is 0 Å². The molecule has 0 radical (unpaired) electrons. The van der Waals surface area contributed by atoms with E-state index in [0.29, 0.717) is 0 Å². The van der Waals surface area contributed by atoms with E-state index in [1.807, 2.05) is 0 Å². The third-order valence-corrected chi connectivity index (χ3v) is 3.30. The van der Waals surface area contributed by atoms with Gasteiger partial charge in [0.15, 0.2) is 0 Å². The van der Waals surface area contributed by atoms with E-state index in [1.165, 1.54) is 27.5 Å². The number of benzene rings is 2. The zero-order chi connectivity index (χ0) is 11.8. The van der Waals surface area contributed by atoms with Crippen LogP contribution in [0.3, 0.4) is 0 Å². The van der Waals surface area contributed by atoms with Gasteiger partial charge in [-0.15, -0.1) is 0 Å². The molecule has 0 aliphatic rings. The van der Waals surface area contributed by atoms with Gasteiger partial charge in [0.2, 0.25) is 0 Å². The van der Waals surface area contributed by atoms with E-state index in [0.717, 1.165) is 6.54 Å². The second-order valence-electron chi connectivity index (χ2n) is 4.34. The van der Waals surface area contributed by atoms with Gasteiger partial charge in [-0.25, -0.2) is 0 Å². The maximum Gasteiger partial charge on any atom is 0.0509 e. The SMILES string of the molecule is CCNc1ccc2c3ccccc3n(C)c2c1. The van der Waals surface area contributed by atoms with Crippen LogP contribution in [0.1, 0.15) is 6.92 Å². The fraction of sp³-hybridized carbons (Fsp3) is 0.200. The molecule has 0 saturated carbocycles. The van der Waals surface area contributed by atoms with Crippen molar-refractivity contribution >= 4 is 27.5 Å². The van der Waals surface area contributed by atoms with Gasteiger partial charge in [0.05, 0.1) is 5.52 Å². The van der Waals surface area contributed by atoms with Crippen LogP contribution in [0.4, 0.5) is 5.69 Å². The number of rotatable bonds is 2. The summed E-state index contributed by atoms with van der Waals surface area (Å²) in [6.07, 6.45) is 0. The molecular formula is C15H16N2. The van der Waals surface area contributed by atoms with Crippen molar-refractivity contribution in [2.24, 2.45) is 7.05 Å². The maximum atomic E-state index is 3.36. The molecule has 0 amide bonds. The van der Waals surface area contributed by atoms with E-state index in [4.69, 9.17) is 0 Å². The van der Waals surface area contributed by atoms with Crippen LogP contribution >= 0.6 is 0 Å². The molecule has 3 aromatic rings. The Labute approximate surface area is 101 Å². The summed E-state index contributed by atoms with van der Waals surface area (Å²) in [4.78, 5) is 0. The van der Waals surface area contributed by atoms with E-state index < -0.39 is 0 Å². The number of nitrogens with one attached hydrogen (secondary N) is 1. The minimum atomic E-state index is 0.954. The zero-order valence-electron chi connectivity index (χ0n) is 10.2. The first-order valence-electron chi connectivity index (χ1n) is 6.02. The fourth-order valence-corrected chi connectivity index (χ4v) is 2.47. The van der Waals surface area contributed by atoms with Crippen LogP contribution in [-0.2, 0) is 7.05 Å². The van der Waals surface area contributed by atoms with E-state index in [9.17, 15) is 0 Å². The normalized spacial score (nSPS) is 11.2. The molecule has 1 N–H and O–H groups in total. The monoisotopic (exact) mass is 224 g/mol. The Kier molecular flexibility index (Phi) is 2.29. The van der Waals surface area contributed by atoms with Gasteiger partial charge in [-0.05, 0) is 25.1 Å². The lowest BCUT2D eigenvalue weighted by Crippen LogP contribution is -1.96. The van der Waals surface area contributed by atoms with Gasteiger partial charge in [-0.2, -0.15) is 0 Å². The predicted octanol–water partition coefficient (Wildman–Crippen LogP) is 3.76. The lowest BCUT2D eigenvalue weighted by molar-refractivity contribution is 1.01. The molecule has 0 bridgehead atoms. The molecule has 0 fully saturated rings. The zero-order valence-corrected chi connectivity index (χ0v) is 10.2. The first-order chi connectivity index (χ1) is 8.31. The molecule has 0 aliphatic carbocycles. The molecule has 0 saturated heterocycles. The second kappa shape index (κ2) is 3.81. The van der Waals surface area contributed by atoms with Crippen LogP contribution < -0.4 is 5.32 Å². The Bertz CT molecular complexity index is 680. The highest BCUT2D eigenvalue weighted by Gasteiger charge is 2.07. The van der Waals surface area contributed by atoms with Gasteiger partial charge in [0, 0.05) is 35.6 Å². The number of hydrogen-bond donors (Lipinski definition) is 1. The number of nitrogens with zero attached hydrogens (tertiary/aromatic N) is 1. The van der Waals surface area contributed by atoms with Gasteiger partial charge in [0.25, 0.3) is 0 Å². The lowest BCUT2D eigenvalue weighted by Gasteiger charge is -2.04. The predicted molar refractivity (Wildman–Crippen MR) is 74.6 cm³/mol. The summed E-state index contributed by atoms with van der Waals surface area (Å²) in [7, 11) is 2.13. The van der Waals surface area contributed by atoms with Crippen LogP contribution in [0.25, 0.3) is 21.8 Å². The number of para-hydroxylation sites is 1. The van der Waals surface area contributed by atoms with E-state index in [-0.39, 0.29) is 0 Å². The number of anilines is 1. The van der Waals surface area contributed by atoms with Gasteiger partial charge in [-0.1, -0.05) is 24.3 Å². The average Bonchev–Trinajstić information content (AvgIpc) is 2.65. The topological polar surface area (TPSA) is 17.0 Å². The summed E-state index contributed by atoms with van der Waals surface area (Å²) < 4.78 is 2.26. The molecule has 2 aromatic carbocycles. The minimum absolute atomic E-state index is 0.954. The number of aromatic nitrogens is 1. The standard InChI is InChI=1S/C15H16N2/c1-3-16-11-8-9-13-12-6-4-5-7-14(12)17(2)15(13)10-11/h4-10,16H,3H2,1-2H3. The van der Waals surface area contributed by atoms with Crippen molar-refractivity contribution < 1.29 is 0 Å². The molecular weight excluding hydrogens is 208 g/mol. The van der Waals surface area contributed by atoms with Gasteiger partial charge in [-0.3, -0.25) is 0 Å². The highest BCUT2D eigenvalue weighted by Crippen LogP contribution is 2.29. The van der Waals surface area contributed by atoms with Gasteiger partial charge >= 0.3 is 0 Å². The number of hydrogen-bond acceptors (Lipinski definition) is 1. The molecule has 2 nitrogen and oxygen atoms in total. The van der Waals surface area contributed by atoms with Crippen LogP contribution in [0.15, 0.2) is 42.5 Å². The van der Waals surface area contributed by atoms with Crippen molar-refractivity contribution in [1.82, 2.24) is 4.57 Å². The molecule has 86 valence electrons. The Morgan fingerprint density at radius 3 is 2.59 bits per heavy atom. The molecule has 0 atom stereocenters. The molecule has 1 aromatic heterocycles. The Morgan fingerprint density at radius 1 is 1.00 bits per heavy atom. The van der Waals surface area contributed by atoms with Crippen molar-refractivity contribution in [3.63, 3.8) is 0 Å². The smallest absolute Gasteiger partial charge is 0.0509 e. The summed E-state index contributed by atoms with van der Waals surface area (Å²) in [5, 5.41) is 6.01. The first-order valence-corrected chi connectivity index (χ1v) is 6.02. The quantitative estimate of drug-likeness (QED) is 0.701. The lowest BCUT2D eigenvalue weighted by atomic mass is 10.1. The third-order valence-electron chi connectivity index (χ3n) is 3.30. The van der Waals surface area contributed by atoms with Crippen LogP contribution in [0.2, 0.25) is 0 Å². The molecule has 0 unspecified atom stereocenters. The summed E-state index contributed by atoms with van der Waals surface area (Å²) in [5.74, 6) is 0. The third kappa shape index (κ3) is 1.48. The molecule has 2 heteroatoms. The average molecular weight is 224 g/mol. The highest BCUT2D eigenvalue weighted by molar-refractivity contribution is 6.08. The summed E-state index contributed by atoms with van der Waals surface area (Å²) in [6.45, 7) is 3.07. The summed E-state index contributed by atoms with van der Waals surface area (Å²) in [5.41, 5.74) is 3.76. The molecule has 1 heterocycles. The second-order valence-corrected chi connectivity index (χ2v) is 4.34.